The molecule has 3 aromatic rings. The van der Waals surface area contributed by atoms with Gasteiger partial charge in [-0.3, -0.25) is 10.1 Å². The zero-order chi connectivity index (χ0) is 14.1. The van der Waals surface area contributed by atoms with Crippen LogP contribution in [0.15, 0.2) is 36.7 Å². The molecule has 8 nitrogen and oxygen atoms in total. The molecule has 8 heteroatoms. The molecule has 0 unspecified atom stereocenters. The van der Waals surface area contributed by atoms with Gasteiger partial charge in [0.05, 0.1) is 12.0 Å². The van der Waals surface area contributed by atoms with Crippen molar-refractivity contribution in [2.45, 2.75) is 0 Å². The second-order valence-corrected chi connectivity index (χ2v) is 3.98. The largest absolute Gasteiger partial charge is 0.497 e. The van der Waals surface area contributed by atoms with Crippen LogP contribution in [0, 0.1) is 10.1 Å². The minimum atomic E-state index is -0.527. The van der Waals surface area contributed by atoms with E-state index in [-0.39, 0.29) is 5.69 Å². The molecule has 0 fully saturated rings. The summed E-state index contributed by atoms with van der Waals surface area (Å²) in [6, 6.07) is 7.19. The summed E-state index contributed by atoms with van der Waals surface area (Å²) in [6.45, 7) is 0. The smallest absolute Gasteiger partial charge is 0.305 e. The number of hydrogen-bond donors (Lipinski definition) is 0. The molecule has 1 aromatic carbocycles. The molecule has 0 aliphatic heterocycles. The van der Waals surface area contributed by atoms with Crippen molar-refractivity contribution in [3.05, 3.63) is 46.8 Å². The molecule has 0 spiro atoms. The maximum atomic E-state index is 10.7. The predicted molar refractivity (Wildman–Crippen MR) is 69.4 cm³/mol. The Bertz CT molecular complexity index is 781. The first-order valence-electron chi connectivity index (χ1n) is 5.68. The van der Waals surface area contributed by atoms with Crippen molar-refractivity contribution in [3.63, 3.8) is 0 Å². The quantitative estimate of drug-likeness (QED) is 0.531. The fourth-order valence-electron chi connectivity index (χ4n) is 1.73. The van der Waals surface area contributed by atoms with Crippen molar-refractivity contribution in [1.82, 2.24) is 19.6 Å². The average Bonchev–Trinajstić information content (AvgIpc) is 2.90. The number of rotatable bonds is 3. The van der Waals surface area contributed by atoms with E-state index >= 15 is 0 Å². The van der Waals surface area contributed by atoms with Gasteiger partial charge in [0.25, 0.3) is 5.78 Å². The normalized spacial score (nSPS) is 10.7. The fourth-order valence-corrected chi connectivity index (χ4v) is 1.73. The molecule has 0 saturated carbocycles. The minimum absolute atomic E-state index is 0.135. The second kappa shape index (κ2) is 4.57. The molecule has 20 heavy (non-hydrogen) atoms. The molecule has 0 N–H and O–H groups in total. The van der Waals surface area contributed by atoms with Crippen molar-refractivity contribution in [2.75, 3.05) is 7.11 Å². The number of aromatic nitrogens is 4. The van der Waals surface area contributed by atoms with Gasteiger partial charge in [0.15, 0.2) is 5.82 Å². The summed E-state index contributed by atoms with van der Waals surface area (Å²) in [4.78, 5) is 18.3. The maximum Gasteiger partial charge on any atom is 0.305 e. The van der Waals surface area contributed by atoms with E-state index in [1.54, 1.807) is 19.2 Å². The third-order valence-electron chi connectivity index (χ3n) is 2.74. The Labute approximate surface area is 112 Å². The van der Waals surface area contributed by atoms with Crippen molar-refractivity contribution in [1.29, 1.82) is 0 Å². The van der Waals surface area contributed by atoms with Crippen LogP contribution >= 0.6 is 0 Å². The van der Waals surface area contributed by atoms with Gasteiger partial charge in [0.1, 0.15) is 18.1 Å². The van der Waals surface area contributed by atoms with E-state index in [0.29, 0.717) is 11.6 Å². The lowest BCUT2D eigenvalue weighted by molar-refractivity contribution is -0.385. The van der Waals surface area contributed by atoms with Gasteiger partial charge >= 0.3 is 5.69 Å². The monoisotopic (exact) mass is 271 g/mol. The molecule has 0 atom stereocenters. The molecule has 2 heterocycles. The zero-order valence-electron chi connectivity index (χ0n) is 10.4. The second-order valence-electron chi connectivity index (χ2n) is 3.98. The van der Waals surface area contributed by atoms with Gasteiger partial charge < -0.3 is 4.74 Å². The van der Waals surface area contributed by atoms with Gasteiger partial charge in [0.2, 0.25) is 0 Å². The van der Waals surface area contributed by atoms with E-state index < -0.39 is 4.92 Å². The number of methoxy groups -OCH3 is 1. The lowest BCUT2D eigenvalue weighted by atomic mass is 10.2. The van der Waals surface area contributed by atoms with Crippen molar-refractivity contribution in [2.24, 2.45) is 0 Å². The number of nitro groups is 1. The zero-order valence-corrected chi connectivity index (χ0v) is 10.4. The highest BCUT2D eigenvalue weighted by molar-refractivity contribution is 5.58. The van der Waals surface area contributed by atoms with Crippen LogP contribution in [0.3, 0.4) is 0 Å². The molecular weight excluding hydrogens is 262 g/mol. The SMILES string of the molecule is COc1ccc(-c2nc3ncc([N+](=O)[O-])cn3n2)cc1. The number of benzene rings is 1. The minimum Gasteiger partial charge on any atom is -0.497 e. The van der Waals surface area contributed by atoms with Crippen LogP contribution in [-0.4, -0.2) is 31.6 Å². The number of hydrogen-bond acceptors (Lipinski definition) is 6. The molecule has 0 bridgehead atoms. The molecule has 2 aromatic heterocycles. The van der Waals surface area contributed by atoms with E-state index in [4.69, 9.17) is 4.74 Å². The fraction of sp³-hybridized carbons (Fsp3) is 0.0833. The number of nitrogens with zero attached hydrogens (tertiary/aromatic N) is 5. The third kappa shape index (κ3) is 2.03. The highest BCUT2D eigenvalue weighted by Crippen LogP contribution is 2.20. The van der Waals surface area contributed by atoms with E-state index in [1.807, 2.05) is 12.1 Å². The van der Waals surface area contributed by atoms with Gasteiger partial charge in [-0.05, 0) is 24.3 Å². The van der Waals surface area contributed by atoms with Gasteiger partial charge in [0, 0.05) is 5.56 Å². The number of ether oxygens (including phenoxy) is 1. The van der Waals surface area contributed by atoms with E-state index in [0.717, 1.165) is 17.5 Å². The Balaban J connectivity index is 2.05. The summed E-state index contributed by atoms with van der Waals surface area (Å²) >= 11 is 0. The Morgan fingerprint density at radius 3 is 2.70 bits per heavy atom. The number of fused-ring (bicyclic) bond motifs is 1. The van der Waals surface area contributed by atoms with Gasteiger partial charge in [-0.1, -0.05) is 0 Å². The van der Waals surface area contributed by atoms with Crippen molar-refractivity contribution < 1.29 is 9.66 Å². The molecule has 0 amide bonds. The van der Waals surface area contributed by atoms with Crippen LogP contribution in [0.25, 0.3) is 17.2 Å². The molecule has 0 aliphatic rings. The van der Waals surface area contributed by atoms with Gasteiger partial charge in [-0.2, -0.15) is 9.50 Å². The highest BCUT2D eigenvalue weighted by atomic mass is 16.6. The molecule has 100 valence electrons. The molecular formula is C12H9N5O3. The summed E-state index contributed by atoms with van der Waals surface area (Å²) in [6.07, 6.45) is 2.43. The standard InChI is InChI=1S/C12H9N5O3/c1-20-10-4-2-8(3-5-10)11-14-12-13-6-9(17(18)19)7-16(12)15-11/h2-7H,1H3. The first kappa shape index (κ1) is 12.0. The molecule has 0 radical (unpaired) electrons. The lowest BCUT2D eigenvalue weighted by Gasteiger charge is -1.99. The van der Waals surface area contributed by atoms with Crippen LogP contribution < -0.4 is 4.74 Å². The van der Waals surface area contributed by atoms with Crippen LogP contribution in [0.5, 0.6) is 5.75 Å². The Morgan fingerprint density at radius 1 is 1.30 bits per heavy atom. The van der Waals surface area contributed by atoms with Crippen LogP contribution in [0.2, 0.25) is 0 Å². The van der Waals surface area contributed by atoms with Gasteiger partial charge in [-0.15, -0.1) is 5.10 Å². The Hall–Kier alpha value is -3.03. The molecule has 0 aliphatic carbocycles. The van der Waals surface area contributed by atoms with E-state index in [2.05, 4.69) is 15.1 Å². The predicted octanol–water partition coefficient (Wildman–Crippen LogP) is 1.71. The summed E-state index contributed by atoms with van der Waals surface area (Å²) in [5, 5.41) is 14.9. The lowest BCUT2D eigenvalue weighted by Crippen LogP contribution is -1.95. The summed E-state index contributed by atoms with van der Waals surface area (Å²) < 4.78 is 6.36. The van der Waals surface area contributed by atoms with E-state index in [1.165, 1.54) is 10.7 Å². The van der Waals surface area contributed by atoms with E-state index in [9.17, 15) is 10.1 Å². The topological polar surface area (TPSA) is 95.5 Å². The molecule has 0 saturated heterocycles. The summed E-state index contributed by atoms with van der Waals surface area (Å²) in [7, 11) is 1.58. The summed E-state index contributed by atoms with van der Waals surface area (Å²) in [5.41, 5.74) is 0.641. The average molecular weight is 271 g/mol. The van der Waals surface area contributed by atoms with Crippen LogP contribution in [0.4, 0.5) is 5.69 Å². The summed E-state index contributed by atoms with van der Waals surface area (Å²) in [5.74, 6) is 1.48. The Morgan fingerprint density at radius 2 is 2.05 bits per heavy atom. The van der Waals surface area contributed by atoms with Crippen molar-refractivity contribution >= 4 is 11.5 Å². The maximum absolute atomic E-state index is 10.7. The van der Waals surface area contributed by atoms with Gasteiger partial charge in [-0.25, -0.2) is 4.98 Å². The van der Waals surface area contributed by atoms with Crippen LogP contribution in [-0.2, 0) is 0 Å². The van der Waals surface area contributed by atoms with Crippen molar-refractivity contribution in [3.8, 4) is 17.1 Å². The van der Waals surface area contributed by atoms with Crippen LogP contribution in [0.1, 0.15) is 0 Å². The molecule has 3 rings (SSSR count). The first-order valence-corrected chi connectivity index (χ1v) is 5.68. The highest BCUT2D eigenvalue weighted by Gasteiger charge is 2.12. The third-order valence-corrected chi connectivity index (χ3v) is 2.74. The first-order chi connectivity index (χ1) is 9.67. The Kier molecular flexibility index (Phi) is 2.75.